The molecule has 3 aromatic rings. The fourth-order valence-electron chi connectivity index (χ4n) is 2.44. The molecule has 30 heavy (non-hydrogen) atoms. The number of nitrogens with one attached hydrogen (secondary N) is 2. The van der Waals surface area contributed by atoms with Crippen LogP contribution in [0.15, 0.2) is 63.6 Å². The molecule has 0 radical (unpaired) electrons. The zero-order valence-corrected chi connectivity index (χ0v) is 17.8. The fourth-order valence-corrected chi connectivity index (χ4v) is 2.70. The van der Waals surface area contributed by atoms with Gasteiger partial charge in [0.2, 0.25) is 0 Å². The van der Waals surface area contributed by atoms with Crippen molar-refractivity contribution in [3.05, 3.63) is 76.1 Å². The molecule has 156 valence electrons. The van der Waals surface area contributed by atoms with Crippen LogP contribution in [0.1, 0.15) is 26.6 Å². The number of rotatable bonds is 9. The topological polar surface area (TPSA) is 103 Å². The van der Waals surface area contributed by atoms with E-state index < -0.39 is 0 Å². The number of benzene rings is 2. The third-order valence-corrected chi connectivity index (χ3v) is 4.51. The Kier molecular flexibility index (Phi) is 7.58. The molecule has 0 saturated heterocycles. The maximum Gasteiger partial charge on any atom is 0.273 e. The highest BCUT2D eigenvalue weighted by Crippen LogP contribution is 2.19. The Morgan fingerprint density at radius 3 is 2.50 bits per heavy atom. The summed E-state index contributed by atoms with van der Waals surface area (Å²) in [7, 11) is 1.56. The minimum absolute atomic E-state index is 0.114. The summed E-state index contributed by atoms with van der Waals surface area (Å²) in [6.45, 7) is 0.917. The van der Waals surface area contributed by atoms with E-state index in [-0.39, 0.29) is 24.1 Å². The van der Waals surface area contributed by atoms with Crippen molar-refractivity contribution in [3.63, 3.8) is 0 Å². The summed E-state index contributed by atoms with van der Waals surface area (Å²) in [6, 6.07) is 15.5. The van der Waals surface area contributed by atoms with Crippen molar-refractivity contribution in [2.45, 2.75) is 6.61 Å². The molecule has 0 saturated carbocycles. The molecule has 0 bridgehead atoms. The van der Waals surface area contributed by atoms with Gasteiger partial charge in [-0.15, -0.1) is 0 Å². The first-order valence-corrected chi connectivity index (χ1v) is 9.87. The second-order valence-electron chi connectivity index (χ2n) is 6.20. The van der Waals surface area contributed by atoms with E-state index in [2.05, 4.69) is 31.7 Å². The number of aromatic nitrogens is 1. The van der Waals surface area contributed by atoms with E-state index >= 15 is 0 Å². The van der Waals surface area contributed by atoms with Crippen molar-refractivity contribution in [1.29, 1.82) is 0 Å². The molecule has 8 nitrogen and oxygen atoms in total. The van der Waals surface area contributed by atoms with E-state index in [0.29, 0.717) is 35.9 Å². The van der Waals surface area contributed by atoms with Gasteiger partial charge in [0.25, 0.3) is 11.8 Å². The molecule has 0 fully saturated rings. The molecular weight excluding hydrogens is 454 g/mol. The van der Waals surface area contributed by atoms with E-state index in [1.54, 1.807) is 43.5 Å². The molecule has 2 aromatic carbocycles. The van der Waals surface area contributed by atoms with E-state index in [9.17, 15) is 9.59 Å². The number of carbonyl (C=O) groups is 2. The number of methoxy groups -OCH3 is 1. The van der Waals surface area contributed by atoms with Crippen molar-refractivity contribution in [2.24, 2.45) is 0 Å². The SMILES string of the molecule is COCCNC(=O)c1cc(COc2ccc(NC(=O)c3ccc(Br)cc3)cc2)on1. The van der Waals surface area contributed by atoms with Crippen LogP contribution in [0.5, 0.6) is 5.75 Å². The summed E-state index contributed by atoms with van der Waals surface area (Å²) in [5, 5.41) is 9.21. The molecule has 0 unspecified atom stereocenters. The predicted molar refractivity (Wildman–Crippen MR) is 114 cm³/mol. The van der Waals surface area contributed by atoms with Crippen LogP contribution < -0.4 is 15.4 Å². The summed E-state index contributed by atoms with van der Waals surface area (Å²) in [4.78, 5) is 24.1. The number of carbonyl (C=O) groups excluding carboxylic acids is 2. The van der Waals surface area contributed by atoms with Crippen LogP contribution in [0.2, 0.25) is 0 Å². The molecule has 2 N–H and O–H groups in total. The van der Waals surface area contributed by atoms with Crippen LogP contribution in [-0.2, 0) is 11.3 Å². The van der Waals surface area contributed by atoms with Gasteiger partial charge in [0.15, 0.2) is 11.5 Å². The number of halogens is 1. The highest BCUT2D eigenvalue weighted by Gasteiger charge is 2.12. The summed E-state index contributed by atoms with van der Waals surface area (Å²) in [6.07, 6.45) is 0. The number of anilines is 1. The molecule has 2 amide bonds. The standard InChI is InChI=1S/C21H20BrN3O5/c1-28-11-10-23-21(27)19-12-18(30-25-19)13-29-17-8-6-16(7-9-17)24-20(26)14-2-4-15(22)5-3-14/h2-9,12H,10-11,13H2,1H3,(H,23,27)(H,24,26). The molecule has 0 aliphatic carbocycles. The van der Waals surface area contributed by atoms with Crippen molar-refractivity contribution >= 4 is 33.4 Å². The quantitative estimate of drug-likeness (QED) is 0.459. The minimum Gasteiger partial charge on any atom is -0.486 e. The number of hydrogen-bond donors (Lipinski definition) is 2. The van der Waals surface area contributed by atoms with Gasteiger partial charge in [0, 0.05) is 35.4 Å². The summed E-state index contributed by atoms with van der Waals surface area (Å²) in [5.74, 6) is 0.459. The van der Waals surface area contributed by atoms with Gasteiger partial charge < -0.3 is 24.6 Å². The first-order chi connectivity index (χ1) is 14.5. The second kappa shape index (κ2) is 10.6. The lowest BCUT2D eigenvalue weighted by molar-refractivity contribution is 0.0927. The Labute approximate surface area is 181 Å². The largest absolute Gasteiger partial charge is 0.486 e. The number of amides is 2. The van der Waals surface area contributed by atoms with Crippen molar-refractivity contribution in [2.75, 3.05) is 25.6 Å². The Bertz CT molecular complexity index is 987. The Morgan fingerprint density at radius 2 is 1.80 bits per heavy atom. The summed E-state index contributed by atoms with van der Waals surface area (Å²) >= 11 is 3.34. The van der Waals surface area contributed by atoms with Crippen LogP contribution in [0, 0.1) is 0 Å². The highest BCUT2D eigenvalue weighted by molar-refractivity contribution is 9.10. The normalized spacial score (nSPS) is 10.5. The average molecular weight is 474 g/mol. The molecule has 0 aliphatic rings. The minimum atomic E-state index is -0.340. The van der Waals surface area contributed by atoms with Crippen LogP contribution >= 0.6 is 15.9 Å². The Morgan fingerprint density at radius 1 is 1.07 bits per heavy atom. The van der Waals surface area contributed by atoms with Crippen LogP contribution in [0.25, 0.3) is 0 Å². The third-order valence-electron chi connectivity index (χ3n) is 3.98. The van der Waals surface area contributed by atoms with Crippen LogP contribution in [0.4, 0.5) is 5.69 Å². The first kappa shape index (κ1) is 21.5. The number of hydrogen-bond acceptors (Lipinski definition) is 6. The van der Waals surface area contributed by atoms with E-state index in [1.807, 2.05) is 12.1 Å². The second-order valence-corrected chi connectivity index (χ2v) is 7.12. The third kappa shape index (κ3) is 6.16. The average Bonchev–Trinajstić information content (AvgIpc) is 3.23. The van der Waals surface area contributed by atoms with Gasteiger partial charge in [0.1, 0.15) is 12.4 Å². The van der Waals surface area contributed by atoms with Gasteiger partial charge >= 0.3 is 0 Å². The Hall–Kier alpha value is -3.17. The molecule has 9 heteroatoms. The Balaban J connectivity index is 1.49. The van der Waals surface area contributed by atoms with Gasteiger partial charge in [-0.25, -0.2) is 0 Å². The van der Waals surface area contributed by atoms with Gasteiger partial charge in [-0.3, -0.25) is 9.59 Å². The van der Waals surface area contributed by atoms with Gasteiger partial charge in [0.05, 0.1) is 6.61 Å². The van der Waals surface area contributed by atoms with E-state index in [0.717, 1.165) is 4.47 Å². The summed E-state index contributed by atoms with van der Waals surface area (Å²) < 4.78 is 16.5. The lowest BCUT2D eigenvalue weighted by Crippen LogP contribution is -2.27. The smallest absolute Gasteiger partial charge is 0.273 e. The van der Waals surface area contributed by atoms with Crippen molar-refractivity contribution < 1.29 is 23.6 Å². The van der Waals surface area contributed by atoms with Gasteiger partial charge in [-0.1, -0.05) is 21.1 Å². The summed E-state index contributed by atoms with van der Waals surface area (Å²) in [5.41, 5.74) is 1.38. The first-order valence-electron chi connectivity index (χ1n) is 9.07. The molecule has 1 heterocycles. The monoisotopic (exact) mass is 473 g/mol. The number of nitrogens with zero attached hydrogens (tertiary/aromatic N) is 1. The van der Waals surface area contributed by atoms with Crippen molar-refractivity contribution in [1.82, 2.24) is 10.5 Å². The zero-order chi connectivity index (χ0) is 21.3. The van der Waals surface area contributed by atoms with Gasteiger partial charge in [-0.05, 0) is 48.5 Å². The van der Waals surface area contributed by atoms with E-state index in [1.165, 1.54) is 6.07 Å². The maximum atomic E-state index is 12.2. The fraction of sp³-hybridized carbons (Fsp3) is 0.190. The zero-order valence-electron chi connectivity index (χ0n) is 16.2. The molecule has 0 spiro atoms. The molecule has 1 aromatic heterocycles. The molecule has 3 rings (SSSR count). The lowest BCUT2D eigenvalue weighted by atomic mass is 10.2. The van der Waals surface area contributed by atoms with E-state index in [4.69, 9.17) is 14.0 Å². The molecule has 0 atom stereocenters. The molecular formula is C21H20BrN3O5. The van der Waals surface area contributed by atoms with Crippen LogP contribution in [-0.4, -0.2) is 37.2 Å². The maximum absolute atomic E-state index is 12.2. The predicted octanol–water partition coefficient (Wildman–Crippen LogP) is 3.64. The van der Waals surface area contributed by atoms with Gasteiger partial charge in [-0.2, -0.15) is 0 Å². The van der Waals surface area contributed by atoms with Crippen molar-refractivity contribution in [3.8, 4) is 5.75 Å². The van der Waals surface area contributed by atoms with Crippen LogP contribution in [0.3, 0.4) is 0 Å². The lowest BCUT2D eigenvalue weighted by Gasteiger charge is -2.07. The highest BCUT2D eigenvalue weighted by atomic mass is 79.9. The molecule has 0 aliphatic heterocycles. The number of ether oxygens (including phenoxy) is 2.